The van der Waals surface area contributed by atoms with E-state index in [0.717, 1.165) is 38.5 Å². The summed E-state index contributed by atoms with van der Waals surface area (Å²) >= 11 is 0. The highest BCUT2D eigenvalue weighted by Crippen LogP contribution is 2.36. The van der Waals surface area contributed by atoms with Gasteiger partial charge in [0.15, 0.2) is 5.58 Å². The van der Waals surface area contributed by atoms with Crippen LogP contribution >= 0.6 is 0 Å². The lowest BCUT2D eigenvalue weighted by Crippen LogP contribution is -2.09. The lowest BCUT2D eigenvalue weighted by Gasteiger charge is -2.18. The van der Waals surface area contributed by atoms with Gasteiger partial charge in [0.2, 0.25) is 0 Å². The summed E-state index contributed by atoms with van der Waals surface area (Å²) in [6.45, 7) is 5.72. The predicted molar refractivity (Wildman–Crippen MR) is 115 cm³/mol. The molecule has 5 aromatic rings. The van der Waals surface area contributed by atoms with Crippen molar-refractivity contribution < 1.29 is 7.16 Å². The summed E-state index contributed by atoms with van der Waals surface area (Å²) < 4.78 is 23.5. The zero-order chi connectivity index (χ0) is 21.1. The van der Waals surface area contributed by atoms with Gasteiger partial charge < -0.3 is 4.42 Å². The van der Waals surface area contributed by atoms with Crippen molar-refractivity contribution in [1.82, 2.24) is 9.97 Å². The van der Waals surface area contributed by atoms with Crippen LogP contribution in [-0.4, -0.2) is 9.97 Å². The van der Waals surface area contributed by atoms with Crippen LogP contribution in [0.15, 0.2) is 71.3 Å². The zero-order valence-corrected chi connectivity index (χ0v) is 16.2. The molecule has 0 unspecified atom stereocenters. The minimum absolute atomic E-state index is 0.541. The van der Waals surface area contributed by atoms with Crippen molar-refractivity contribution in [3.63, 3.8) is 0 Å². The Bertz CT molecular complexity index is 1410. The molecule has 0 radical (unpaired) electrons. The highest BCUT2D eigenvalue weighted by atomic mass is 16.3. The van der Waals surface area contributed by atoms with E-state index in [2.05, 4.69) is 4.98 Å². The van der Waals surface area contributed by atoms with Gasteiger partial charge in [0, 0.05) is 25.3 Å². The first kappa shape index (κ1) is 14.8. The van der Waals surface area contributed by atoms with Crippen LogP contribution in [0.1, 0.15) is 29.1 Å². The molecule has 0 saturated carbocycles. The summed E-state index contributed by atoms with van der Waals surface area (Å²) in [4.78, 5) is 9.35. The van der Waals surface area contributed by atoms with Crippen molar-refractivity contribution >= 4 is 33.0 Å². The summed E-state index contributed by atoms with van der Waals surface area (Å²) in [5, 5.41) is 1.96. The molecular formula is C25H22N2O. The lowest BCUT2D eigenvalue weighted by atomic mass is 9.88. The van der Waals surface area contributed by atoms with Crippen molar-refractivity contribution in [1.29, 1.82) is 0 Å². The standard InChI is InChI=1S/C25H22N2O/c1-25(2,3)15-16-11-12-26-21(13-16)18-8-6-9-19-23-22(28-24(18)19)14-17-7-4-5-10-20(17)27-23/h4-14H,15H2,1-3H3/i15D2. The summed E-state index contributed by atoms with van der Waals surface area (Å²) in [6, 6.07) is 19.5. The van der Waals surface area contributed by atoms with Crippen molar-refractivity contribution in [3.8, 4) is 11.3 Å². The minimum atomic E-state index is -1.49. The Morgan fingerprint density at radius 2 is 1.86 bits per heavy atom. The smallest absolute Gasteiger partial charge is 0.154 e. The van der Waals surface area contributed by atoms with E-state index < -0.39 is 11.8 Å². The molecule has 3 nitrogen and oxygen atoms in total. The Morgan fingerprint density at radius 1 is 1.00 bits per heavy atom. The van der Waals surface area contributed by atoms with Gasteiger partial charge in [0.1, 0.15) is 11.1 Å². The average molecular weight is 368 g/mol. The summed E-state index contributed by atoms with van der Waals surface area (Å²) in [6.07, 6.45) is 0.175. The van der Waals surface area contributed by atoms with Crippen LogP contribution in [0.3, 0.4) is 0 Å². The van der Waals surface area contributed by atoms with Crippen molar-refractivity contribution in [3.05, 3.63) is 72.4 Å². The van der Waals surface area contributed by atoms with Gasteiger partial charge in [0.25, 0.3) is 0 Å². The van der Waals surface area contributed by atoms with Gasteiger partial charge in [-0.3, -0.25) is 4.98 Å². The van der Waals surface area contributed by atoms with Gasteiger partial charge in [-0.05, 0) is 53.7 Å². The van der Waals surface area contributed by atoms with E-state index in [9.17, 15) is 0 Å². The number of benzene rings is 2. The third-order valence-electron chi connectivity index (χ3n) is 4.73. The summed E-state index contributed by atoms with van der Waals surface area (Å²) in [5.41, 5.74) is 4.80. The quantitative estimate of drug-likeness (QED) is 0.344. The van der Waals surface area contributed by atoms with E-state index in [4.69, 9.17) is 12.1 Å². The fourth-order valence-corrected chi connectivity index (χ4v) is 3.60. The lowest BCUT2D eigenvalue weighted by molar-refractivity contribution is 0.411. The van der Waals surface area contributed by atoms with Crippen LogP contribution < -0.4 is 0 Å². The molecule has 28 heavy (non-hydrogen) atoms. The molecule has 0 saturated heterocycles. The van der Waals surface area contributed by atoms with Crippen LogP contribution in [0.4, 0.5) is 0 Å². The Morgan fingerprint density at radius 3 is 2.71 bits per heavy atom. The monoisotopic (exact) mass is 368 g/mol. The summed E-state index contributed by atoms with van der Waals surface area (Å²) in [7, 11) is 0. The van der Waals surface area contributed by atoms with E-state index in [-0.39, 0.29) is 0 Å². The molecule has 0 aliphatic heterocycles. The number of pyridine rings is 2. The number of aromatic nitrogens is 2. The van der Waals surface area contributed by atoms with Crippen molar-refractivity contribution in [2.24, 2.45) is 5.41 Å². The maximum atomic E-state index is 8.62. The first-order valence-corrected chi connectivity index (χ1v) is 9.44. The van der Waals surface area contributed by atoms with E-state index in [1.165, 1.54) is 0 Å². The zero-order valence-electron chi connectivity index (χ0n) is 18.2. The highest BCUT2D eigenvalue weighted by molar-refractivity contribution is 6.09. The van der Waals surface area contributed by atoms with Gasteiger partial charge in [-0.2, -0.15) is 0 Å². The van der Waals surface area contributed by atoms with Gasteiger partial charge in [-0.15, -0.1) is 0 Å². The molecule has 0 N–H and O–H groups in total. The maximum Gasteiger partial charge on any atom is 0.154 e. The molecule has 2 aromatic carbocycles. The van der Waals surface area contributed by atoms with Crippen molar-refractivity contribution in [2.75, 3.05) is 0 Å². The molecular weight excluding hydrogens is 344 g/mol. The maximum absolute atomic E-state index is 8.62. The Kier molecular flexibility index (Phi) is 3.26. The van der Waals surface area contributed by atoms with Crippen LogP contribution in [0, 0.1) is 5.41 Å². The molecule has 5 rings (SSSR count). The molecule has 0 amide bonds. The van der Waals surface area contributed by atoms with Crippen LogP contribution in [0.5, 0.6) is 0 Å². The van der Waals surface area contributed by atoms with Gasteiger partial charge >= 0.3 is 0 Å². The number of hydrogen-bond acceptors (Lipinski definition) is 3. The molecule has 0 aliphatic rings. The van der Waals surface area contributed by atoms with Gasteiger partial charge in [0.05, 0.1) is 11.2 Å². The average Bonchev–Trinajstić information content (AvgIpc) is 3.09. The normalized spacial score (nSPS) is 13.8. The molecule has 3 aromatic heterocycles. The second-order valence-electron chi connectivity index (χ2n) is 8.12. The number of fused-ring (bicyclic) bond motifs is 4. The number of furan rings is 1. The third-order valence-corrected chi connectivity index (χ3v) is 4.73. The Labute approximate surface area is 166 Å². The first-order chi connectivity index (χ1) is 14.3. The molecule has 3 heterocycles. The number of nitrogens with zero attached hydrogens (tertiary/aromatic N) is 2. The highest BCUT2D eigenvalue weighted by Gasteiger charge is 2.16. The minimum Gasteiger partial charge on any atom is -0.454 e. The number of rotatable bonds is 2. The molecule has 0 atom stereocenters. The number of para-hydroxylation sites is 2. The van der Waals surface area contributed by atoms with Crippen LogP contribution in [0.2, 0.25) is 0 Å². The second kappa shape index (κ2) is 6.16. The second-order valence-corrected chi connectivity index (χ2v) is 8.12. The topological polar surface area (TPSA) is 38.9 Å². The van der Waals surface area contributed by atoms with Gasteiger partial charge in [-0.1, -0.05) is 45.0 Å². The van der Waals surface area contributed by atoms with Crippen molar-refractivity contribution in [2.45, 2.75) is 27.1 Å². The van der Waals surface area contributed by atoms with Gasteiger partial charge in [-0.25, -0.2) is 4.98 Å². The Balaban J connectivity index is 1.74. The molecule has 0 bridgehead atoms. The fraction of sp³-hybridized carbons (Fsp3) is 0.200. The van der Waals surface area contributed by atoms with Crippen LogP contribution in [-0.2, 0) is 6.37 Å². The van der Waals surface area contributed by atoms with E-state index in [1.54, 1.807) is 12.3 Å². The number of hydrogen-bond donors (Lipinski definition) is 0. The molecule has 138 valence electrons. The third kappa shape index (κ3) is 2.93. The largest absolute Gasteiger partial charge is 0.454 e. The SMILES string of the molecule is [2H]C([2H])(c1ccnc(-c2cccc3c2oc2cc4ccccc4nc23)c1)C(C)(C)C. The fourth-order valence-electron chi connectivity index (χ4n) is 3.60. The van der Waals surface area contributed by atoms with Crippen LogP contribution in [0.25, 0.3) is 44.2 Å². The Hall–Kier alpha value is -3.20. The first-order valence-electron chi connectivity index (χ1n) is 10.4. The summed E-state index contributed by atoms with van der Waals surface area (Å²) in [5.74, 6) is 0. The van der Waals surface area contributed by atoms with E-state index in [0.29, 0.717) is 11.3 Å². The molecule has 0 spiro atoms. The molecule has 0 aliphatic carbocycles. The van der Waals surface area contributed by atoms with E-state index in [1.807, 2.05) is 75.4 Å². The van der Waals surface area contributed by atoms with E-state index >= 15 is 0 Å². The molecule has 0 fully saturated rings. The molecule has 3 heteroatoms. The predicted octanol–water partition coefficient (Wildman–Crippen LogP) is 6.78.